The second-order valence-electron chi connectivity index (χ2n) is 26.4. The molecule has 0 aliphatic carbocycles. The fourth-order valence-corrected chi connectivity index (χ4v) is 16.1. The van der Waals surface area contributed by atoms with Crippen LogP contribution in [0, 0.1) is 0 Å². The molecule has 0 saturated heterocycles. The van der Waals surface area contributed by atoms with Gasteiger partial charge in [0.1, 0.15) is 0 Å². The van der Waals surface area contributed by atoms with Crippen LogP contribution in [0.25, 0.3) is 182 Å². The van der Waals surface area contributed by atoms with Crippen LogP contribution in [0.3, 0.4) is 0 Å². The summed E-state index contributed by atoms with van der Waals surface area (Å²) in [6.45, 7) is 0. The molecule has 0 N–H and O–H groups in total. The molecule has 0 aliphatic heterocycles. The Morgan fingerprint density at radius 2 is 0.297 bits per heavy atom. The largest absolute Gasteiger partial charge is 0.309 e. The quantitative estimate of drug-likeness (QED) is 0.138. The van der Waals surface area contributed by atoms with Gasteiger partial charge in [0.15, 0.2) is 0 Å². The third-order valence-electron chi connectivity index (χ3n) is 20.7. The second-order valence-corrected chi connectivity index (χ2v) is 26.4. The van der Waals surface area contributed by atoms with Crippen LogP contribution >= 0.6 is 0 Å². The van der Waals surface area contributed by atoms with Crippen molar-refractivity contribution in [2.45, 2.75) is 0 Å². The number of benzene rings is 16. The van der Waals surface area contributed by atoms with Gasteiger partial charge >= 0.3 is 0 Å². The number of rotatable bonds is 9. The van der Waals surface area contributed by atoms with Crippen LogP contribution in [0.2, 0.25) is 0 Å². The van der Waals surface area contributed by atoms with Crippen molar-refractivity contribution in [3.05, 3.63) is 382 Å². The average Bonchev–Trinajstić information content (AvgIpc) is 1.60. The zero-order chi connectivity index (χ0) is 66.5. The predicted molar refractivity (Wildman–Crippen MR) is 426 cm³/mol. The number of hydrogen-bond acceptors (Lipinski definition) is 0. The molecule has 0 aliphatic rings. The molecule has 0 bridgehead atoms. The Balaban J connectivity index is 0.000000136. The Kier molecular flexibility index (Phi) is 13.5. The lowest BCUT2D eigenvalue weighted by atomic mass is 9.99. The van der Waals surface area contributed by atoms with E-state index in [0.717, 1.165) is 11.4 Å². The standard InChI is InChI=1S/C48H31N3.C48H32N2/c1-3-13-34(14-4-1)49-43-20-10-7-17-37(43)40-29-32(23-26-46(40)49)33-24-27-47-41(30-33)38-18-8-12-22-45(38)51(47)36-25-28-48-42(31-36)39-19-9-11-21-44(39)50(48)35-15-5-2-6-16-35;1-4-12-33(13-5-1)35-20-25-40(26-21-35)50-45-19-11-10-18-41(45)42-31-37(23-28-46(42)50)38-24-29-48-44(32-38)43-30-36(34-14-6-2-7-15-34)22-27-47(43)49(48)39-16-8-3-9-17-39/h1-31H;1-32H. The van der Waals surface area contributed by atoms with Crippen LogP contribution in [-0.2, 0) is 0 Å². The molecule has 472 valence electrons. The van der Waals surface area contributed by atoms with Crippen LogP contribution in [0.4, 0.5) is 0 Å². The molecule has 5 heterocycles. The molecule has 5 nitrogen and oxygen atoms in total. The summed E-state index contributed by atoms with van der Waals surface area (Å²) in [4.78, 5) is 0. The third-order valence-corrected chi connectivity index (χ3v) is 20.7. The Labute approximate surface area is 583 Å². The Bertz CT molecular complexity index is 6770. The van der Waals surface area contributed by atoms with Crippen molar-refractivity contribution in [2.24, 2.45) is 0 Å². The first kappa shape index (κ1) is 57.7. The molecule has 101 heavy (non-hydrogen) atoms. The van der Waals surface area contributed by atoms with Crippen molar-refractivity contribution in [2.75, 3.05) is 0 Å². The summed E-state index contributed by atoms with van der Waals surface area (Å²) < 4.78 is 12.0. The molecule has 0 saturated carbocycles. The molecule has 16 aromatic carbocycles. The summed E-state index contributed by atoms with van der Waals surface area (Å²) in [7, 11) is 0. The normalized spacial score (nSPS) is 11.8. The highest BCUT2D eigenvalue weighted by atomic mass is 15.0. The molecule has 21 rings (SSSR count). The smallest absolute Gasteiger partial charge is 0.0542 e. The summed E-state index contributed by atoms with van der Waals surface area (Å²) >= 11 is 0. The molecule has 0 amide bonds. The van der Waals surface area contributed by atoms with E-state index in [1.807, 2.05) is 0 Å². The maximum Gasteiger partial charge on any atom is 0.0542 e. The highest BCUT2D eigenvalue weighted by Gasteiger charge is 2.21. The first-order valence-electron chi connectivity index (χ1n) is 34.7. The summed E-state index contributed by atoms with van der Waals surface area (Å²) in [6.07, 6.45) is 0. The van der Waals surface area contributed by atoms with Gasteiger partial charge in [-0.3, -0.25) is 0 Å². The minimum atomic E-state index is 1.16. The molecular formula is C96H63N5. The molecule has 5 aromatic heterocycles. The van der Waals surface area contributed by atoms with Gasteiger partial charge in [-0.1, -0.05) is 231 Å². The van der Waals surface area contributed by atoms with E-state index < -0.39 is 0 Å². The lowest BCUT2D eigenvalue weighted by molar-refractivity contribution is 1.17. The van der Waals surface area contributed by atoms with Gasteiger partial charge in [-0.05, 0) is 196 Å². The highest BCUT2D eigenvalue weighted by molar-refractivity contribution is 6.16. The van der Waals surface area contributed by atoms with Crippen LogP contribution in [0.1, 0.15) is 0 Å². The molecule has 21 aromatic rings. The van der Waals surface area contributed by atoms with Crippen molar-refractivity contribution >= 4 is 109 Å². The van der Waals surface area contributed by atoms with Gasteiger partial charge in [0.05, 0.1) is 55.2 Å². The van der Waals surface area contributed by atoms with Crippen LogP contribution in [0.5, 0.6) is 0 Å². The third kappa shape index (κ3) is 9.54. The minimum Gasteiger partial charge on any atom is -0.309 e. The van der Waals surface area contributed by atoms with Crippen LogP contribution < -0.4 is 0 Å². The van der Waals surface area contributed by atoms with Gasteiger partial charge in [0.2, 0.25) is 0 Å². The van der Waals surface area contributed by atoms with E-state index in [1.54, 1.807) is 0 Å². The van der Waals surface area contributed by atoms with Crippen molar-refractivity contribution in [3.8, 4) is 72.9 Å². The van der Waals surface area contributed by atoms with E-state index in [2.05, 4.69) is 405 Å². The van der Waals surface area contributed by atoms with Gasteiger partial charge < -0.3 is 22.8 Å². The lowest BCUT2D eigenvalue weighted by Crippen LogP contribution is -1.95. The van der Waals surface area contributed by atoms with Crippen molar-refractivity contribution in [1.29, 1.82) is 0 Å². The van der Waals surface area contributed by atoms with Crippen molar-refractivity contribution in [1.82, 2.24) is 22.8 Å². The summed E-state index contributed by atoms with van der Waals surface area (Å²) in [5.41, 5.74) is 27.7. The van der Waals surface area contributed by atoms with Crippen LogP contribution in [-0.4, -0.2) is 22.8 Å². The maximum absolute atomic E-state index is 2.43. The minimum absolute atomic E-state index is 1.16. The first-order valence-corrected chi connectivity index (χ1v) is 34.7. The van der Waals surface area contributed by atoms with Gasteiger partial charge in [-0.25, -0.2) is 0 Å². The van der Waals surface area contributed by atoms with Crippen molar-refractivity contribution in [3.63, 3.8) is 0 Å². The van der Waals surface area contributed by atoms with E-state index in [-0.39, 0.29) is 0 Å². The van der Waals surface area contributed by atoms with Gasteiger partial charge in [0, 0.05) is 82.3 Å². The molecule has 0 unspecified atom stereocenters. The van der Waals surface area contributed by atoms with Gasteiger partial charge in [-0.2, -0.15) is 0 Å². The fraction of sp³-hybridized carbons (Fsp3) is 0. The Morgan fingerprint density at radius 3 is 0.624 bits per heavy atom. The topological polar surface area (TPSA) is 24.6 Å². The first-order chi connectivity index (χ1) is 50.1. The van der Waals surface area contributed by atoms with E-state index in [4.69, 9.17) is 0 Å². The molecule has 0 fully saturated rings. The lowest BCUT2D eigenvalue weighted by Gasteiger charge is -2.11. The van der Waals surface area contributed by atoms with Gasteiger partial charge in [-0.15, -0.1) is 0 Å². The zero-order valence-electron chi connectivity index (χ0n) is 55.1. The Morgan fingerprint density at radius 1 is 0.109 bits per heavy atom. The predicted octanol–water partition coefficient (Wildman–Crippen LogP) is 25.5. The number of para-hydroxylation sites is 7. The molecule has 0 atom stereocenters. The van der Waals surface area contributed by atoms with Crippen LogP contribution in [0.15, 0.2) is 382 Å². The summed E-state index contributed by atoms with van der Waals surface area (Å²) in [5, 5.41) is 12.5. The monoisotopic (exact) mass is 1290 g/mol. The zero-order valence-corrected chi connectivity index (χ0v) is 55.1. The van der Waals surface area contributed by atoms with Gasteiger partial charge in [0.25, 0.3) is 0 Å². The number of hydrogen-bond donors (Lipinski definition) is 0. The van der Waals surface area contributed by atoms with Crippen molar-refractivity contribution < 1.29 is 0 Å². The summed E-state index contributed by atoms with van der Waals surface area (Å²) in [6, 6.07) is 139. The summed E-state index contributed by atoms with van der Waals surface area (Å²) in [5.74, 6) is 0. The second kappa shape index (κ2) is 23.7. The number of aromatic nitrogens is 5. The van der Waals surface area contributed by atoms with E-state index in [9.17, 15) is 0 Å². The molecular weight excluding hydrogens is 1220 g/mol. The number of fused-ring (bicyclic) bond motifs is 15. The molecule has 0 spiro atoms. The van der Waals surface area contributed by atoms with E-state index in [0.29, 0.717) is 0 Å². The highest BCUT2D eigenvalue weighted by Crippen LogP contribution is 2.43. The molecule has 5 heteroatoms. The maximum atomic E-state index is 2.43. The SMILES string of the molecule is c1ccc(-c2ccc(-n3c4ccccc4c4cc(-c5ccc6c(c5)c5cc(-c7ccccc7)ccc5n6-c5ccccc5)ccc43)cc2)cc1.c1ccc(-n2c3ccccc3c3cc(-c4ccc5c(c4)c4ccccc4n5-c4ccc5c(c4)c4ccccc4n5-c4ccccc4)ccc32)cc1. The van der Waals surface area contributed by atoms with E-state index >= 15 is 0 Å². The Hall–Kier alpha value is -13.5. The fourth-order valence-electron chi connectivity index (χ4n) is 16.1. The molecule has 0 radical (unpaired) electrons. The van der Waals surface area contributed by atoms with E-state index in [1.165, 1.54) is 171 Å². The average molecular weight is 1290 g/mol. The number of nitrogens with zero attached hydrogens (tertiary/aromatic N) is 5.